The van der Waals surface area contributed by atoms with Crippen LogP contribution in [0.5, 0.6) is 0 Å². The molecule has 2 aliphatic rings. The van der Waals surface area contributed by atoms with E-state index in [9.17, 15) is 20.4 Å². The number of hydrogen-bond donors (Lipinski definition) is 4. The van der Waals surface area contributed by atoms with Gasteiger partial charge in [0.2, 0.25) is 5.79 Å². The summed E-state index contributed by atoms with van der Waals surface area (Å²) >= 11 is 23.1. The van der Waals surface area contributed by atoms with Crippen LogP contribution in [0.2, 0.25) is 0 Å². The first-order valence-electron chi connectivity index (χ1n) is 6.86. The molecule has 4 N–H and O–H groups in total. The van der Waals surface area contributed by atoms with Crippen LogP contribution in [0.4, 0.5) is 0 Å². The molecule has 0 aromatic rings. The Kier molecular flexibility index (Phi) is 7.07. The fourth-order valence-corrected chi connectivity index (χ4v) is 3.72. The van der Waals surface area contributed by atoms with Crippen molar-refractivity contribution >= 4 is 46.4 Å². The zero-order chi connectivity index (χ0) is 17.4. The topological polar surface area (TPSA) is 109 Å². The Morgan fingerprint density at radius 1 is 0.913 bits per heavy atom. The third kappa shape index (κ3) is 3.71. The van der Waals surface area contributed by atoms with Gasteiger partial charge in [0.05, 0.1) is 29.1 Å². The molecule has 0 radical (unpaired) electrons. The van der Waals surface area contributed by atoms with Gasteiger partial charge in [0.15, 0.2) is 6.29 Å². The van der Waals surface area contributed by atoms with Gasteiger partial charge in [-0.2, -0.15) is 0 Å². The minimum Gasteiger partial charge on any atom is -0.389 e. The second-order valence-electron chi connectivity index (χ2n) is 5.43. The van der Waals surface area contributed by atoms with Crippen LogP contribution in [-0.4, -0.2) is 92.1 Å². The molecule has 7 nitrogen and oxygen atoms in total. The molecule has 2 rings (SSSR count). The Bertz CT molecular complexity index is 404. The fraction of sp³-hybridized carbons (Fsp3) is 1.00. The molecule has 11 heteroatoms. The second kappa shape index (κ2) is 8.05. The normalized spacial score (nSPS) is 51.1. The van der Waals surface area contributed by atoms with E-state index in [2.05, 4.69) is 0 Å². The van der Waals surface area contributed by atoms with E-state index in [0.717, 1.165) is 0 Å². The van der Waals surface area contributed by atoms with Crippen LogP contribution in [0.25, 0.3) is 0 Å². The quantitative estimate of drug-likeness (QED) is 0.452. The lowest BCUT2D eigenvalue weighted by Crippen LogP contribution is -2.60. The van der Waals surface area contributed by atoms with Gasteiger partial charge < -0.3 is 34.6 Å². The molecule has 2 saturated heterocycles. The highest BCUT2D eigenvalue weighted by Gasteiger charge is 2.58. The van der Waals surface area contributed by atoms with Crippen molar-refractivity contribution in [3.05, 3.63) is 0 Å². The SMILES string of the molecule is O[C@@H]1[C@@H](O)[C@@H](O[C@]2(CCl)O[C@H](CCl)[C@@H](O)[C@@H]2O)O[C@H](CCl)[C@H]1Cl. The molecule has 2 fully saturated rings. The average Bonchev–Trinajstić information content (AvgIpc) is 2.80. The molecule has 0 spiro atoms. The number of aliphatic hydroxyl groups excluding tert-OH is 4. The average molecular weight is 416 g/mol. The van der Waals surface area contributed by atoms with Crippen molar-refractivity contribution < 1.29 is 34.6 Å². The molecule has 0 aromatic heterocycles. The molecular formula is C12H18Cl4O7. The van der Waals surface area contributed by atoms with Crippen molar-refractivity contribution in [2.75, 3.05) is 17.6 Å². The van der Waals surface area contributed by atoms with Gasteiger partial charge in [-0.15, -0.1) is 46.4 Å². The minimum atomic E-state index is -1.86. The molecule has 0 unspecified atom stereocenters. The summed E-state index contributed by atoms with van der Waals surface area (Å²) in [7, 11) is 0. The summed E-state index contributed by atoms with van der Waals surface area (Å²) in [6.45, 7) is 0. The van der Waals surface area contributed by atoms with Crippen molar-refractivity contribution in [3.8, 4) is 0 Å². The van der Waals surface area contributed by atoms with E-state index in [-0.39, 0.29) is 17.6 Å². The number of alkyl halides is 4. The summed E-state index contributed by atoms with van der Waals surface area (Å²) in [5, 5.41) is 39.2. The lowest BCUT2D eigenvalue weighted by molar-refractivity contribution is -0.354. The molecule has 136 valence electrons. The van der Waals surface area contributed by atoms with Crippen molar-refractivity contribution in [2.24, 2.45) is 0 Å². The number of halogens is 4. The lowest BCUT2D eigenvalue weighted by atomic mass is 10.0. The third-order valence-electron chi connectivity index (χ3n) is 3.93. The van der Waals surface area contributed by atoms with Crippen LogP contribution in [0.1, 0.15) is 0 Å². The highest BCUT2D eigenvalue weighted by Crippen LogP contribution is 2.38. The van der Waals surface area contributed by atoms with Crippen LogP contribution in [-0.2, 0) is 14.2 Å². The molecule has 2 heterocycles. The predicted molar refractivity (Wildman–Crippen MR) is 83.2 cm³/mol. The Morgan fingerprint density at radius 2 is 1.52 bits per heavy atom. The maximum Gasteiger partial charge on any atom is 0.214 e. The molecular weight excluding hydrogens is 398 g/mol. The van der Waals surface area contributed by atoms with Crippen LogP contribution in [0.3, 0.4) is 0 Å². The fourth-order valence-electron chi connectivity index (χ4n) is 2.53. The zero-order valence-electron chi connectivity index (χ0n) is 11.8. The largest absolute Gasteiger partial charge is 0.389 e. The highest BCUT2D eigenvalue weighted by molar-refractivity contribution is 6.23. The van der Waals surface area contributed by atoms with E-state index in [1.165, 1.54) is 0 Å². The van der Waals surface area contributed by atoms with Gasteiger partial charge in [0.1, 0.15) is 30.5 Å². The van der Waals surface area contributed by atoms with Crippen LogP contribution < -0.4 is 0 Å². The van der Waals surface area contributed by atoms with Gasteiger partial charge in [-0.25, -0.2) is 0 Å². The first-order valence-corrected chi connectivity index (χ1v) is 8.90. The standard InChI is InChI=1S/C12H18Cl4O7/c13-1-4-6(16)8(18)9(19)11(21-4)23-12(3-15)10(20)7(17)5(2-14)22-12/h4-11,17-20H,1-3H2/t4-,5-,6-,7-,8+,9-,10+,11-,12+/m1/s1. The van der Waals surface area contributed by atoms with E-state index in [1.807, 2.05) is 0 Å². The van der Waals surface area contributed by atoms with E-state index >= 15 is 0 Å². The summed E-state index contributed by atoms with van der Waals surface area (Å²) in [5.74, 6) is -2.40. The van der Waals surface area contributed by atoms with Crippen LogP contribution in [0.15, 0.2) is 0 Å². The van der Waals surface area contributed by atoms with Crippen LogP contribution >= 0.6 is 46.4 Å². The van der Waals surface area contributed by atoms with Gasteiger partial charge in [0.25, 0.3) is 0 Å². The van der Waals surface area contributed by atoms with Gasteiger partial charge in [0, 0.05) is 0 Å². The molecule has 0 aliphatic carbocycles. The van der Waals surface area contributed by atoms with Crippen molar-refractivity contribution in [3.63, 3.8) is 0 Å². The number of hydrogen-bond acceptors (Lipinski definition) is 7. The Morgan fingerprint density at radius 3 is 2.00 bits per heavy atom. The van der Waals surface area contributed by atoms with Gasteiger partial charge in [-0.1, -0.05) is 0 Å². The molecule has 23 heavy (non-hydrogen) atoms. The van der Waals surface area contributed by atoms with Gasteiger partial charge >= 0.3 is 0 Å². The maximum atomic E-state index is 10.2. The maximum absolute atomic E-state index is 10.2. The summed E-state index contributed by atoms with van der Waals surface area (Å²) in [5.41, 5.74) is 0. The second-order valence-corrected chi connectivity index (χ2v) is 6.82. The number of rotatable bonds is 5. The summed E-state index contributed by atoms with van der Waals surface area (Å²) in [6, 6.07) is 0. The molecule has 0 amide bonds. The van der Waals surface area contributed by atoms with E-state index < -0.39 is 54.1 Å². The monoisotopic (exact) mass is 414 g/mol. The Hall–Kier alpha value is 0.880. The first-order chi connectivity index (χ1) is 10.8. The first kappa shape index (κ1) is 20.2. The van der Waals surface area contributed by atoms with E-state index in [4.69, 9.17) is 60.6 Å². The number of ether oxygens (including phenoxy) is 3. The highest BCUT2D eigenvalue weighted by atomic mass is 35.5. The molecule has 0 aromatic carbocycles. The third-order valence-corrected chi connectivity index (χ3v) is 5.45. The summed E-state index contributed by atoms with van der Waals surface area (Å²) in [6.07, 6.45) is -8.90. The Labute approximate surface area is 152 Å². The number of aliphatic hydroxyl groups is 4. The summed E-state index contributed by atoms with van der Waals surface area (Å²) < 4.78 is 16.3. The molecule has 2 aliphatic heterocycles. The van der Waals surface area contributed by atoms with Gasteiger partial charge in [-0.05, 0) is 0 Å². The zero-order valence-corrected chi connectivity index (χ0v) is 14.8. The van der Waals surface area contributed by atoms with E-state index in [0.29, 0.717) is 0 Å². The van der Waals surface area contributed by atoms with Crippen molar-refractivity contribution in [1.29, 1.82) is 0 Å². The molecule has 0 bridgehead atoms. The smallest absolute Gasteiger partial charge is 0.214 e. The molecule has 9 atom stereocenters. The van der Waals surface area contributed by atoms with Crippen molar-refractivity contribution in [2.45, 2.75) is 54.1 Å². The van der Waals surface area contributed by atoms with E-state index in [1.54, 1.807) is 0 Å². The predicted octanol–water partition coefficient (Wildman–Crippen LogP) is -0.410. The minimum absolute atomic E-state index is 0.0535. The van der Waals surface area contributed by atoms with Crippen molar-refractivity contribution in [1.82, 2.24) is 0 Å². The lowest BCUT2D eigenvalue weighted by Gasteiger charge is -2.43. The van der Waals surface area contributed by atoms with Gasteiger partial charge in [-0.3, -0.25) is 0 Å². The van der Waals surface area contributed by atoms with Crippen LogP contribution in [0, 0.1) is 0 Å². The summed E-state index contributed by atoms with van der Waals surface area (Å²) in [4.78, 5) is 0. The molecule has 0 saturated carbocycles. The Balaban J connectivity index is 2.18.